The van der Waals surface area contributed by atoms with Crippen LogP contribution in [0.15, 0.2) is 0 Å². The highest BCUT2D eigenvalue weighted by atomic mass is 19.4. The summed E-state index contributed by atoms with van der Waals surface area (Å²) in [5.41, 5.74) is 0. The Morgan fingerprint density at radius 1 is 0.688 bits per heavy atom. The number of rotatable bonds is 10. The molecule has 0 aromatic heterocycles. The number of carbonyl (C=O) groups excluding carboxylic acids is 1. The van der Waals surface area contributed by atoms with Crippen LogP contribution in [0, 0.1) is 0 Å². The van der Waals surface area contributed by atoms with Crippen molar-refractivity contribution in [2.24, 2.45) is 0 Å². The molecule has 0 fully saturated rings. The van der Waals surface area contributed by atoms with Gasteiger partial charge >= 0.3 is 41.7 Å². The van der Waals surface area contributed by atoms with Crippen molar-refractivity contribution in [3.8, 4) is 0 Å². The Kier molecular flexibility index (Phi) is 7.85. The molecule has 2 N–H and O–H groups in total. The molecule has 0 atom stereocenters. The van der Waals surface area contributed by atoms with E-state index in [0.717, 1.165) is 19.4 Å². The van der Waals surface area contributed by atoms with E-state index in [0.29, 0.717) is 0 Å². The number of halogens is 15. The molecule has 0 heterocycles. The molecule has 0 saturated carbocycles. The minimum absolute atomic E-state index is 0.380. The average molecular weight is 515 g/mol. The molecule has 0 radical (unpaired) electrons. The lowest BCUT2D eigenvalue weighted by atomic mass is 9.91. The number of alkyl halides is 15. The van der Waals surface area contributed by atoms with Crippen molar-refractivity contribution in [2.45, 2.75) is 48.1 Å². The zero-order chi connectivity index (χ0) is 26.4. The lowest BCUT2D eigenvalue weighted by molar-refractivity contribution is -1.07. The van der Waals surface area contributed by atoms with Crippen LogP contribution in [-0.2, 0) is 4.79 Å². The minimum Gasteiger partial charge on any atom is -0.350 e. The molecule has 0 aromatic carbocycles. The van der Waals surface area contributed by atoms with Crippen LogP contribution in [0.3, 0.4) is 0 Å². The number of carbonyl (C=O) groups is 1. The predicted octanol–water partition coefficient (Wildman–Crippen LogP) is 4.33. The number of quaternary nitrogens is 1. The molecule has 19 heteroatoms. The van der Waals surface area contributed by atoms with Crippen LogP contribution in [0.1, 0.15) is 6.42 Å². The highest BCUT2D eigenvalue weighted by Crippen LogP contribution is 2.62. The standard InChI is InChI=1S/C13H13F15N2O2/c1-30(2,32)5-3-4-29-6(31)7(14,15)8(16,17)9(18,19)10(20,21)11(22,23)12(24,25)13(26,27)28/h32H,3-5H2,1-2H3/p+1. The first kappa shape index (κ1) is 30.3. The van der Waals surface area contributed by atoms with Crippen molar-refractivity contribution in [1.29, 1.82) is 0 Å². The van der Waals surface area contributed by atoms with Gasteiger partial charge in [0.05, 0.1) is 14.1 Å². The summed E-state index contributed by atoms with van der Waals surface area (Å²) in [5, 5.41) is 10.1. The van der Waals surface area contributed by atoms with Gasteiger partial charge in [-0.25, -0.2) is 5.21 Å². The third-order valence-electron chi connectivity index (χ3n) is 3.78. The first-order valence-electron chi connectivity index (χ1n) is 7.80. The molecule has 0 rings (SSSR count). The van der Waals surface area contributed by atoms with Gasteiger partial charge in [-0.2, -0.15) is 70.5 Å². The Morgan fingerprint density at radius 2 is 1.03 bits per heavy atom. The van der Waals surface area contributed by atoms with E-state index in [4.69, 9.17) is 0 Å². The molecule has 0 aliphatic carbocycles. The van der Waals surface area contributed by atoms with E-state index in [1.807, 2.05) is 0 Å². The van der Waals surface area contributed by atoms with Crippen LogP contribution in [0.5, 0.6) is 0 Å². The van der Waals surface area contributed by atoms with Gasteiger partial charge in [-0.1, -0.05) is 0 Å². The summed E-state index contributed by atoms with van der Waals surface area (Å²) in [6.45, 7) is -1.47. The normalized spacial score (nSPS) is 15.7. The van der Waals surface area contributed by atoms with Crippen LogP contribution >= 0.6 is 0 Å². The topological polar surface area (TPSA) is 49.3 Å². The fraction of sp³-hybridized carbons (Fsp3) is 0.923. The average Bonchev–Trinajstić information content (AvgIpc) is 2.55. The van der Waals surface area contributed by atoms with Crippen molar-refractivity contribution in [1.82, 2.24) is 5.32 Å². The van der Waals surface area contributed by atoms with Crippen molar-refractivity contribution in [3.63, 3.8) is 0 Å². The minimum atomic E-state index is -8.44. The maximum atomic E-state index is 13.5. The van der Waals surface area contributed by atoms with Gasteiger partial charge in [0.15, 0.2) is 0 Å². The molecule has 0 aliphatic rings. The largest absolute Gasteiger partial charge is 0.460 e. The molecule has 0 aliphatic heterocycles. The summed E-state index contributed by atoms with van der Waals surface area (Å²) >= 11 is 0. The predicted molar refractivity (Wildman–Crippen MR) is 72.1 cm³/mol. The van der Waals surface area contributed by atoms with Gasteiger partial charge < -0.3 is 5.32 Å². The Balaban J connectivity index is 6.07. The van der Waals surface area contributed by atoms with Gasteiger partial charge in [-0.05, 0) is 0 Å². The Bertz CT molecular complexity index is 682. The Morgan fingerprint density at radius 3 is 1.38 bits per heavy atom. The summed E-state index contributed by atoms with van der Waals surface area (Å²) in [5.74, 6) is -51.5. The Labute approximate surface area is 168 Å². The fourth-order valence-electron chi connectivity index (χ4n) is 1.89. The lowest BCUT2D eigenvalue weighted by Crippen LogP contribution is -2.74. The smallest absolute Gasteiger partial charge is 0.350 e. The molecular weight excluding hydrogens is 501 g/mol. The van der Waals surface area contributed by atoms with Crippen LogP contribution in [0.4, 0.5) is 65.9 Å². The molecule has 4 nitrogen and oxygen atoms in total. The van der Waals surface area contributed by atoms with E-state index in [1.54, 1.807) is 0 Å². The van der Waals surface area contributed by atoms with Crippen LogP contribution in [0.25, 0.3) is 0 Å². The van der Waals surface area contributed by atoms with Gasteiger partial charge in [-0.3, -0.25) is 4.79 Å². The number of nitrogens with one attached hydrogen (secondary N) is 1. The van der Waals surface area contributed by atoms with Crippen LogP contribution < -0.4 is 5.32 Å². The van der Waals surface area contributed by atoms with Gasteiger partial charge in [0.25, 0.3) is 5.91 Å². The monoisotopic (exact) mass is 515 g/mol. The number of hydrogen-bond acceptors (Lipinski definition) is 2. The summed E-state index contributed by atoms with van der Waals surface area (Å²) in [6.07, 6.45) is -8.20. The second kappa shape index (κ2) is 8.28. The number of hydrogen-bond donors (Lipinski definition) is 2. The molecule has 192 valence electrons. The number of hydroxylamine groups is 3. The second-order valence-corrected chi connectivity index (χ2v) is 6.90. The molecule has 0 aromatic rings. The number of nitrogens with zero attached hydrogens (tertiary/aromatic N) is 1. The van der Waals surface area contributed by atoms with Gasteiger partial charge in [0.1, 0.15) is 6.54 Å². The van der Waals surface area contributed by atoms with Gasteiger partial charge in [0.2, 0.25) is 0 Å². The van der Waals surface area contributed by atoms with Crippen LogP contribution in [-0.4, -0.2) is 84.7 Å². The van der Waals surface area contributed by atoms with E-state index >= 15 is 0 Å². The zero-order valence-electron chi connectivity index (χ0n) is 15.6. The van der Waals surface area contributed by atoms with Crippen molar-refractivity contribution < 1.29 is 80.5 Å². The zero-order valence-corrected chi connectivity index (χ0v) is 15.6. The maximum Gasteiger partial charge on any atom is 0.460 e. The van der Waals surface area contributed by atoms with E-state index in [1.165, 1.54) is 0 Å². The van der Waals surface area contributed by atoms with E-state index in [-0.39, 0.29) is 6.54 Å². The summed E-state index contributed by atoms with van der Waals surface area (Å²) in [7, 11) is 2.17. The molecule has 0 bridgehead atoms. The molecule has 0 saturated heterocycles. The number of amides is 1. The maximum absolute atomic E-state index is 13.5. The van der Waals surface area contributed by atoms with Crippen LogP contribution in [0.2, 0.25) is 0 Å². The van der Waals surface area contributed by atoms with Gasteiger partial charge in [-0.15, -0.1) is 0 Å². The fourth-order valence-corrected chi connectivity index (χ4v) is 1.89. The molecular formula is C13H14F15N2O2+. The molecule has 1 amide bonds. The molecule has 32 heavy (non-hydrogen) atoms. The first-order chi connectivity index (χ1) is 13.6. The van der Waals surface area contributed by atoms with Crippen molar-refractivity contribution in [3.05, 3.63) is 0 Å². The summed E-state index contributed by atoms with van der Waals surface area (Å²) in [4.78, 5) is 11.1. The SMILES string of the molecule is C[N+](C)(O)CCCNC(=O)C(F)(F)C(F)(F)C(F)(F)C(F)(F)C(F)(F)C(F)(F)C(F)(F)F. The highest BCUT2D eigenvalue weighted by Gasteiger charge is 2.94. The van der Waals surface area contributed by atoms with E-state index < -0.39 is 65.2 Å². The highest BCUT2D eigenvalue weighted by molar-refractivity contribution is 5.84. The molecule has 0 unspecified atom stereocenters. The summed E-state index contributed by atoms with van der Waals surface area (Å²) in [6, 6.07) is 0. The second-order valence-electron chi connectivity index (χ2n) is 6.90. The first-order valence-corrected chi connectivity index (χ1v) is 7.80. The van der Waals surface area contributed by atoms with Crippen molar-refractivity contribution >= 4 is 5.91 Å². The van der Waals surface area contributed by atoms with Gasteiger partial charge in [0, 0.05) is 13.0 Å². The third kappa shape index (κ3) is 4.81. The quantitative estimate of drug-likeness (QED) is 0.197. The Hall–Kier alpha value is -1.66. The summed E-state index contributed by atoms with van der Waals surface area (Å²) < 4.78 is 194. The van der Waals surface area contributed by atoms with E-state index in [9.17, 15) is 75.9 Å². The molecule has 0 spiro atoms. The van der Waals surface area contributed by atoms with Crippen molar-refractivity contribution in [2.75, 3.05) is 27.2 Å². The lowest BCUT2D eigenvalue weighted by Gasteiger charge is -2.41. The van der Waals surface area contributed by atoms with E-state index in [2.05, 4.69) is 0 Å². The third-order valence-corrected chi connectivity index (χ3v) is 3.78.